The lowest BCUT2D eigenvalue weighted by atomic mass is 9.96. The Bertz CT molecular complexity index is 925. The molecule has 0 amide bonds. The molecule has 2 N–H and O–H groups in total. The van der Waals surface area contributed by atoms with E-state index in [4.69, 9.17) is 0 Å². The second kappa shape index (κ2) is 6.04. The van der Waals surface area contributed by atoms with Gasteiger partial charge in [0, 0.05) is 48.0 Å². The Kier molecular flexibility index (Phi) is 3.84. The fourth-order valence-corrected chi connectivity index (χ4v) is 3.79. The summed E-state index contributed by atoms with van der Waals surface area (Å²) in [6.45, 7) is 5.32. The summed E-state index contributed by atoms with van der Waals surface area (Å²) >= 11 is 0. The molecule has 2 aromatic heterocycles. The minimum atomic E-state index is -0.779. The van der Waals surface area contributed by atoms with Crippen molar-refractivity contribution in [1.82, 2.24) is 19.4 Å². The quantitative estimate of drug-likeness (QED) is 0.767. The second-order valence-corrected chi connectivity index (χ2v) is 6.94. The van der Waals surface area contributed by atoms with Gasteiger partial charge in [0.25, 0.3) is 0 Å². The zero-order chi connectivity index (χ0) is 17.6. The SMILES string of the molecule is CC(C)n1ccnc1CN1Cc2[nH]c3ccccc3c2C[C@H]1C(=O)O. The van der Waals surface area contributed by atoms with E-state index in [2.05, 4.69) is 34.4 Å². The molecule has 6 heteroatoms. The van der Waals surface area contributed by atoms with E-state index in [1.165, 1.54) is 0 Å². The molecule has 0 aliphatic carbocycles. The first-order valence-electron chi connectivity index (χ1n) is 8.61. The van der Waals surface area contributed by atoms with Crippen molar-refractivity contribution in [3.8, 4) is 0 Å². The van der Waals surface area contributed by atoms with Gasteiger partial charge in [0.15, 0.2) is 0 Å². The number of benzene rings is 1. The zero-order valence-corrected chi connectivity index (χ0v) is 14.4. The average Bonchev–Trinajstić information content (AvgIpc) is 3.17. The number of nitrogens with one attached hydrogen (secondary N) is 1. The van der Waals surface area contributed by atoms with E-state index >= 15 is 0 Å². The van der Waals surface area contributed by atoms with Crippen LogP contribution in [0.25, 0.3) is 10.9 Å². The van der Waals surface area contributed by atoms with E-state index in [1.807, 2.05) is 29.3 Å². The molecule has 0 spiro atoms. The van der Waals surface area contributed by atoms with Gasteiger partial charge in [-0.3, -0.25) is 9.69 Å². The molecule has 0 saturated heterocycles. The third-order valence-corrected chi connectivity index (χ3v) is 5.04. The predicted molar refractivity (Wildman–Crippen MR) is 95.3 cm³/mol. The Morgan fingerprint density at radius 3 is 2.96 bits per heavy atom. The summed E-state index contributed by atoms with van der Waals surface area (Å²) in [7, 11) is 0. The number of imidazole rings is 1. The van der Waals surface area contributed by atoms with Gasteiger partial charge in [-0.1, -0.05) is 18.2 Å². The van der Waals surface area contributed by atoms with Crippen LogP contribution in [0.5, 0.6) is 0 Å². The number of carbonyl (C=O) groups is 1. The van der Waals surface area contributed by atoms with Gasteiger partial charge in [-0.25, -0.2) is 4.98 Å². The molecule has 1 atom stereocenters. The summed E-state index contributed by atoms with van der Waals surface area (Å²) in [6.07, 6.45) is 4.24. The fourth-order valence-electron chi connectivity index (χ4n) is 3.79. The number of hydrogen-bond donors (Lipinski definition) is 2. The van der Waals surface area contributed by atoms with Gasteiger partial charge >= 0.3 is 5.97 Å². The number of carboxylic acid groups (broad SMARTS) is 1. The van der Waals surface area contributed by atoms with E-state index in [0.717, 1.165) is 28.0 Å². The Labute approximate surface area is 146 Å². The molecule has 1 aromatic carbocycles. The molecule has 0 bridgehead atoms. The van der Waals surface area contributed by atoms with Crippen LogP contribution in [0.1, 0.15) is 37.0 Å². The molecule has 0 unspecified atom stereocenters. The lowest BCUT2D eigenvalue weighted by Gasteiger charge is -2.33. The fraction of sp³-hybridized carbons (Fsp3) is 0.368. The molecule has 3 heterocycles. The van der Waals surface area contributed by atoms with Crippen molar-refractivity contribution in [3.63, 3.8) is 0 Å². The minimum absolute atomic E-state index is 0.300. The van der Waals surface area contributed by atoms with E-state index in [9.17, 15) is 9.90 Å². The maximum atomic E-state index is 11.9. The average molecular weight is 338 g/mol. The molecule has 0 saturated carbocycles. The lowest BCUT2D eigenvalue weighted by Crippen LogP contribution is -2.45. The lowest BCUT2D eigenvalue weighted by molar-refractivity contribution is -0.144. The molecule has 6 nitrogen and oxygen atoms in total. The molecule has 130 valence electrons. The summed E-state index contributed by atoms with van der Waals surface area (Å²) < 4.78 is 2.10. The highest BCUT2D eigenvalue weighted by Gasteiger charge is 2.34. The third-order valence-electron chi connectivity index (χ3n) is 5.04. The first-order chi connectivity index (χ1) is 12.0. The van der Waals surface area contributed by atoms with Gasteiger partial charge < -0.3 is 14.7 Å². The number of aromatic amines is 1. The monoisotopic (exact) mass is 338 g/mol. The van der Waals surface area contributed by atoms with E-state index in [0.29, 0.717) is 25.6 Å². The van der Waals surface area contributed by atoms with Crippen LogP contribution in [-0.4, -0.2) is 36.6 Å². The van der Waals surface area contributed by atoms with Crippen molar-refractivity contribution in [2.24, 2.45) is 0 Å². The highest BCUT2D eigenvalue weighted by Crippen LogP contribution is 2.31. The van der Waals surface area contributed by atoms with Crippen LogP contribution < -0.4 is 0 Å². The molecule has 1 aliphatic heterocycles. The van der Waals surface area contributed by atoms with Gasteiger partial charge in [-0.2, -0.15) is 0 Å². The number of rotatable bonds is 4. The maximum Gasteiger partial charge on any atom is 0.321 e. The topological polar surface area (TPSA) is 74.2 Å². The van der Waals surface area contributed by atoms with Gasteiger partial charge in [-0.05, 0) is 25.5 Å². The largest absolute Gasteiger partial charge is 0.480 e. The van der Waals surface area contributed by atoms with Crippen molar-refractivity contribution < 1.29 is 9.90 Å². The Balaban J connectivity index is 1.70. The highest BCUT2D eigenvalue weighted by molar-refractivity contribution is 5.86. The molecule has 25 heavy (non-hydrogen) atoms. The Hall–Kier alpha value is -2.60. The molecule has 3 aromatic rings. The third kappa shape index (κ3) is 2.72. The van der Waals surface area contributed by atoms with Gasteiger partial charge in [0.1, 0.15) is 11.9 Å². The van der Waals surface area contributed by atoms with Crippen molar-refractivity contribution >= 4 is 16.9 Å². The van der Waals surface area contributed by atoms with Crippen LogP contribution in [0.4, 0.5) is 0 Å². The molecular weight excluding hydrogens is 316 g/mol. The van der Waals surface area contributed by atoms with Gasteiger partial charge in [0.2, 0.25) is 0 Å². The van der Waals surface area contributed by atoms with Crippen molar-refractivity contribution in [3.05, 3.63) is 53.7 Å². The number of aromatic nitrogens is 3. The number of fused-ring (bicyclic) bond motifs is 3. The van der Waals surface area contributed by atoms with Crippen LogP contribution in [0.15, 0.2) is 36.7 Å². The molecule has 4 rings (SSSR count). The van der Waals surface area contributed by atoms with Crippen molar-refractivity contribution in [2.75, 3.05) is 0 Å². The van der Waals surface area contributed by atoms with Crippen LogP contribution in [0, 0.1) is 0 Å². The Morgan fingerprint density at radius 1 is 1.40 bits per heavy atom. The van der Waals surface area contributed by atoms with Crippen LogP contribution in [-0.2, 0) is 24.3 Å². The van der Waals surface area contributed by atoms with Crippen LogP contribution in [0.2, 0.25) is 0 Å². The number of hydrogen-bond acceptors (Lipinski definition) is 3. The van der Waals surface area contributed by atoms with Crippen molar-refractivity contribution in [1.29, 1.82) is 0 Å². The first-order valence-corrected chi connectivity index (χ1v) is 8.61. The number of para-hydroxylation sites is 1. The molecule has 0 radical (unpaired) electrons. The van der Waals surface area contributed by atoms with E-state index < -0.39 is 12.0 Å². The zero-order valence-electron chi connectivity index (χ0n) is 14.4. The summed E-state index contributed by atoms with van der Waals surface area (Å²) in [5.41, 5.74) is 3.31. The molecule has 0 fully saturated rings. The van der Waals surface area contributed by atoms with Gasteiger partial charge in [-0.15, -0.1) is 0 Å². The highest BCUT2D eigenvalue weighted by atomic mass is 16.4. The molecular formula is C19H22N4O2. The van der Waals surface area contributed by atoms with Gasteiger partial charge in [0.05, 0.1) is 6.54 Å². The number of carboxylic acids is 1. The van der Waals surface area contributed by atoms with E-state index in [1.54, 1.807) is 6.20 Å². The maximum absolute atomic E-state index is 11.9. The summed E-state index contributed by atoms with van der Waals surface area (Å²) in [5.74, 6) is 0.124. The Morgan fingerprint density at radius 2 is 2.20 bits per heavy atom. The first kappa shape index (κ1) is 15.9. The number of aliphatic carboxylic acids is 1. The smallest absolute Gasteiger partial charge is 0.321 e. The number of H-pyrrole nitrogens is 1. The predicted octanol–water partition coefficient (Wildman–Crippen LogP) is 2.96. The normalized spacial score (nSPS) is 18.0. The van der Waals surface area contributed by atoms with Crippen LogP contribution >= 0.6 is 0 Å². The summed E-state index contributed by atoms with van der Waals surface area (Å²) in [4.78, 5) is 21.8. The number of nitrogens with zero attached hydrogens (tertiary/aromatic N) is 3. The summed E-state index contributed by atoms with van der Waals surface area (Å²) in [6, 6.07) is 7.86. The second-order valence-electron chi connectivity index (χ2n) is 6.94. The standard InChI is InChI=1S/C19H22N4O2/c1-12(2)23-8-7-20-18(23)11-22-10-16-14(9-17(22)19(24)25)13-5-3-4-6-15(13)21-16/h3-8,12,17,21H,9-11H2,1-2H3,(H,24,25)/t17-/m0/s1. The minimum Gasteiger partial charge on any atom is -0.480 e. The van der Waals surface area contributed by atoms with Crippen LogP contribution in [0.3, 0.4) is 0 Å². The molecule has 1 aliphatic rings. The van der Waals surface area contributed by atoms with Crippen molar-refractivity contribution in [2.45, 2.75) is 45.4 Å². The summed E-state index contributed by atoms with van der Waals surface area (Å²) in [5, 5.41) is 10.9. The van der Waals surface area contributed by atoms with E-state index in [-0.39, 0.29) is 0 Å².